The molecule has 3 rings (SSSR count). The minimum absolute atomic E-state index is 0.0712. The molecule has 0 bridgehead atoms. The number of nitrogens with one attached hydrogen (secondary N) is 1. The predicted octanol–water partition coefficient (Wildman–Crippen LogP) is 3.13. The molecule has 1 aromatic carbocycles. The normalized spacial score (nSPS) is 14.2. The standard InChI is InChI=1S/C20H23N3O2S/c1-2-6-17-13-18(24)22-20(21-17)26-14-19(25)23-11-9-16(10-12-23)15-7-4-3-5-8-15/h3-5,7-9,13H,2,6,10-12,14H2,1H3,(H,21,22,24). The zero-order chi connectivity index (χ0) is 18.4. The van der Waals surface area contributed by atoms with Crippen molar-refractivity contribution in [1.29, 1.82) is 0 Å². The van der Waals surface area contributed by atoms with Crippen LogP contribution >= 0.6 is 11.8 Å². The van der Waals surface area contributed by atoms with E-state index in [1.54, 1.807) is 0 Å². The molecule has 6 heteroatoms. The number of aryl methyl sites for hydroxylation is 1. The molecule has 1 aromatic heterocycles. The van der Waals surface area contributed by atoms with Gasteiger partial charge in [-0.2, -0.15) is 0 Å². The predicted molar refractivity (Wildman–Crippen MR) is 105 cm³/mol. The Morgan fingerprint density at radius 1 is 1.31 bits per heavy atom. The molecule has 26 heavy (non-hydrogen) atoms. The molecule has 1 amide bonds. The third kappa shape index (κ3) is 4.85. The fourth-order valence-corrected chi connectivity index (χ4v) is 3.76. The minimum Gasteiger partial charge on any atom is -0.338 e. The van der Waals surface area contributed by atoms with E-state index in [4.69, 9.17) is 0 Å². The molecule has 0 saturated heterocycles. The van der Waals surface area contributed by atoms with Crippen molar-refractivity contribution in [3.8, 4) is 0 Å². The third-order valence-electron chi connectivity index (χ3n) is 4.32. The van der Waals surface area contributed by atoms with Crippen molar-refractivity contribution in [3.05, 3.63) is 64.1 Å². The number of hydrogen-bond donors (Lipinski definition) is 1. The number of nitrogens with zero attached hydrogens (tertiary/aromatic N) is 2. The summed E-state index contributed by atoms with van der Waals surface area (Å²) in [7, 11) is 0. The van der Waals surface area contributed by atoms with Crippen LogP contribution in [-0.4, -0.2) is 39.6 Å². The number of rotatable bonds is 6. The number of aromatic nitrogens is 2. The van der Waals surface area contributed by atoms with Crippen LogP contribution in [0.3, 0.4) is 0 Å². The highest BCUT2D eigenvalue weighted by atomic mass is 32.2. The van der Waals surface area contributed by atoms with Crippen molar-refractivity contribution < 1.29 is 4.79 Å². The smallest absolute Gasteiger partial charge is 0.251 e. The molecule has 0 aliphatic carbocycles. The molecular weight excluding hydrogens is 346 g/mol. The zero-order valence-corrected chi connectivity index (χ0v) is 15.7. The molecule has 1 aliphatic rings. The molecular formula is C20H23N3O2S. The van der Waals surface area contributed by atoms with Gasteiger partial charge < -0.3 is 9.88 Å². The first-order valence-electron chi connectivity index (χ1n) is 8.91. The second-order valence-electron chi connectivity index (χ2n) is 6.27. The van der Waals surface area contributed by atoms with Gasteiger partial charge in [-0.3, -0.25) is 9.59 Å². The quantitative estimate of drug-likeness (QED) is 0.628. The number of thioether (sulfide) groups is 1. The maximum atomic E-state index is 12.5. The molecule has 0 fully saturated rings. The number of carbonyl (C=O) groups is 1. The van der Waals surface area contributed by atoms with Crippen molar-refractivity contribution in [2.24, 2.45) is 0 Å². The topological polar surface area (TPSA) is 66.1 Å². The maximum Gasteiger partial charge on any atom is 0.251 e. The van der Waals surface area contributed by atoms with Gasteiger partial charge in [-0.25, -0.2) is 4.98 Å². The molecule has 1 aliphatic heterocycles. The van der Waals surface area contributed by atoms with E-state index >= 15 is 0 Å². The van der Waals surface area contributed by atoms with E-state index in [0.717, 1.165) is 31.5 Å². The van der Waals surface area contributed by atoms with Crippen molar-refractivity contribution in [2.75, 3.05) is 18.8 Å². The molecule has 2 aromatic rings. The van der Waals surface area contributed by atoms with Gasteiger partial charge in [0.1, 0.15) is 0 Å². The Balaban J connectivity index is 1.56. The van der Waals surface area contributed by atoms with Crippen LogP contribution in [-0.2, 0) is 11.2 Å². The summed E-state index contributed by atoms with van der Waals surface area (Å²) in [6.45, 7) is 3.40. The van der Waals surface area contributed by atoms with Crippen molar-refractivity contribution >= 4 is 23.2 Å². The largest absolute Gasteiger partial charge is 0.338 e. The molecule has 5 nitrogen and oxygen atoms in total. The highest BCUT2D eigenvalue weighted by molar-refractivity contribution is 7.99. The third-order valence-corrected chi connectivity index (χ3v) is 5.18. The number of benzene rings is 1. The lowest BCUT2D eigenvalue weighted by Gasteiger charge is -2.26. The van der Waals surface area contributed by atoms with E-state index in [1.807, 2.05) is 30.0 Å². The molecule has 0 radical (unpaired) electrons. The average Bonchev–Trinajstić information content (AvgIpc) is 2.67. The Labute approximate surface area is 157 Å². The Kier molecular flexibility index (Phi) is 6.28. The molecule has 0 spiro atoms. The molecule has 1 N–H and O–H groups in total. The van der Waals surface area contributed by atoms with Crippen LogP contribution in [0.25, 0.3) is 5.57 Å². The van der Waals surface area contributed by atoms with E-state index in [-0.39, 0.29) is 17.2 Å². The van der Waals surface area contributed by atoms with Gasteiger partial charge in [-0.15, -0.1) is 0 Å². The lowest BCUT2D eigenvalue weighted by molar-refractivity contribution is -0.127. The summed E-state index contributed by atoms with van der Waals surface area (Å²) in [5.74, 6) is 0.356. The lowest BCUT2D eigenvalue weighted by Crippen LogP contribution is -2.35. The van der Waals surface area contributed by atoms with Crippen LogP contribution in [0.5, 0.6) is 0 Å². The van der Waals surface area contributed by atoms with Crippen molar-refractivity contribution in [3.63, 3.8) is 0 Å². The highest BCUT2D eigenvalue weighted by Gasteiger charge is 2.18. The summed E-state index contributed by atoms with van der Waals surface area (Å²) in [6.07, 6.45) is 4.69. The summed E-state index contributed by atoms with van der Waals surface area (Å²) in [6, 6.07) is 11.8. The highest BCUT2D eigenvalue weighted by Crippen LogP contribution is 2.22. The molecule has 2 heterocycles. The Hall–Kier alpha value is -2.34. The van der Waals surface area contributed by atoms with Crippen LogP contribution in [0.4, 0.5) is 0 Å². The fourth-order valence-electron chi connectivity index (χ4n) is 2.97. The van der Waals surface area contributed by atoms with Crippen LogP contribution in [0, 0.1) is 0 Å². The molecule has 0 atom stereocenters. The van der Waals surface area contributed by atoms with Crippen LogP contribution in [0.2, 0.25) is 0 Å². The Bertz CT molecular complexity index is 846. The fraction of sp³-hybridized carbons (Fsp3) is 0.350. The van der Waals surface area contributed by atoms with Crippen LogP contribution in [0.15, 0.2) is 52.4 Å². The SMILES string of the molecule is CCCc1cc(=O)[nH]c(SCC(=O)N2CC=C(c3ccccc3)CC2)n1. The van der Waals surface area contributed by atoms with E-state index < -0.39 is 0 Å². The second-order valence-corrected chi connectivity index (χ2v) is 7.23. The first-order chi connectivity index (χ1) is 12.7. The van der Waals surface area contributed by atoms with Gasteiger partial charge in [-0.1, -0.05) is 61.5 Å². The number of carbonyl (C=O) groups excluding carboxylic acids is 1. The maximum absolute atomic E-state index is 12.5. The van der Waals surface area contributed by atoms with Crippen molar-refractivity contribution in [1.82, 2.24) is 14.9 Å². The minimum atomic E-state index is -0.160. The summed E-state index contributed by atoms with van der Waals surface area (Å²) < 4.78 is 0. The number of H-pyrrole nitrogens is 1. The molecule has 0 unspecified atom stereocenters. The summed E-state index contributed by atoms with van der Waals surface area (Å²) in [5, 5.41) is 0.520. The summed E-state index contributed by atoms with van der Waals surface area (Å²) in [4.78, 5) is 33.1. The van der Waals surface area contributed by atoms with Gasteiger partial charge in [0.2, 0.25) is 5.91 Å². The summed E-state index contributed by atoms with van der Waals surface area (Å²) in [5.41, 5.74) is 3.13. The second kappa shape index (κ2) is 8.85. The first kappa shape index (κ1) is 18.5. The van der Waals surface area contributed by atoms with Crippen molar-refractivity contribution in [2.45, 2.75) is 31.3 Å². The number of aromatic amines is 1. The number of hydrogen-bond acceptors (Lipinski definition) is 4. The van der Waals surface area contributed by atoms with Gasteiger partial charge in [0, 0.05) is 24.8 Å². The van der Waals surface area contributed by atoms with Gasteiger partial charge in [0.05, 0.1) is 5.75 Å². The van der Waals surface area contributed by atoms with E-state index in [0.29, 0.717) is 11.7 Å². The first-order valence-corrected chi connectivity index (χ1v) is 9.89. The van der Waals surface area contributed by atoms with Gasteiger partial charge in [0.25, 0.3) is 5.56 Å². The molecule has 0 saturated carbocycles. The van der Waals surface area contributed by atoms with Gasteiger partial charge in [0.15, 0.2) is 5.16 Å². The monoisotopic (exact) mass is 369 g/mol. The van der Waals surface area contributed by atoms with E-state index in [2.05, 4.69) is 28.2 Å². The Morgan fingerprint density at radius 3 is 2.81 bits per heavy atom. The average molecular weight is 369 g/mol. The molecule has 136 valence electrons. The van der Waals surface area contributed by atoms with E-state index in [9.17, 15) is 9.59 Å². The van der Waals surface area contributed by atoms with Gasteiger partial charge >= 0.3 is 0 Å². The number of amides is 1. The van der Waals surface area contributed by atoms with Gasteiger partial charge in [-0.05, 0) is 24.0 Å². The summed E-state index contributed by atoms with van der Waals surface area (Å²) >= 11 is 1.29. The van der Waals surface area contributed by atoms with Crippen LogP contribution < -0.4 is 5.56 Å². The van der Waals surface area contributed by atoms with E-state index in [1.165, 1.54) is 29.0 Å². The van der Waals surface area contributed by atoms with Crippen LogP contribution in [0.1, 0.15) is 31.0 Å². The zero-order valence-electron chi connectivity index (χ0n) is 14.9. The Morgan fingerprint density at radius 2 is 2.12 bits per heavy atom. The lowest BCUT2D eigenvalue weighted by atomic mass is 10.00.